The van der Waals surface area contributed by atoms with Crippen molar-refractivity contribution in [1.29, 1.82) is 0 Å². The summed E-state index contributed by atoms with van der Waals surface area (Å²) in [5.41, 5.74) is 1.38. The molecule has 33 heavy (non-hydrogen) atoms. The largest absolute Gasteiger partial charge is 0.502 e. The Bertz CT molecular complexity index is 1330. The monoisotopic (exact) mass is 486 g/mol. The third-order valence-electron chi connectivity index (χ3n) is 5.34. The van der Waals surface area contributed by atoms with Gasteiger partial charge in [0.05, 0.1) is 6.04 Å². The van der Waals surface area contributed by atoms with E-state index in [1.54, 1.807) is 30.3 Å². The van der Waals surface area contributed by atoms with Crippen LogP contribution >= 0.6 is 24.0 Å². The summed E-state index contributed by atoms with van der Waals surface area (Å²) in [4.78, 5) is 23.0. The average molecular weight is 487 g/mol. The van der Waals surface area contributed by atoms with Gasteiger partial charge in [-0.1, -0.05) is 48.0 Å². The second-order valence-electron chi connectivity index (χ2n) is 7.56. The molecule has 4 aromatic rings. The molecule has 8 heteroatoms. The van der Waals surface area contributed by atoms with Gasteiger partial charge in [-0.05, 0) is 60.0 Å². The molecular formula is C25H21Cl2FN2O3. The average Bonchev–Trinajstić information content (AvgIpc) is 2.81. The van der Waals surface area contributed by atoms with E-state index < -0.39 is 16.6 Å². The molecule has 0 aliphatic carbocycles. The van der Waals surface area contributed by atoms with Crippen LogP contribution in [0.2, 0.25) is 5.02 Å². The highest BCUT2D eigenvalue weighted by Gasteiger charge is 2.22. The van der Waals surface area contributed by atoms with Crippen molar-refractivity contribution < 1.29 is 9.50 Å². The highest BCUT2D eigenvalue weighted by Crippen LogP contribution is 2.30. The van der Waals surface area contributed by atoms with Crippen LogP contribution in [0.5, 0.6) is 5.75 Å². The van der Waals surface area contributed by atoms with E-state index in [2.05, 4.69) is 10.6 Å². The normalized spacial score (nSPS) is 12.7. The molecule has 4 rings (SSSR count). The van der Waals surface area contributed by atoms with Crippen molar-refractivity contribution in [1.82, 2.24) is 5.32 Å². The molecule has 0 heterocycles. The highest BCUT2D eigenvalue weighted by molar-refractivity contribution is 6.30. The van der Waals surface area contributed by atoms with Gasteiger partial charge in [0, 0.05) is 16.8 Å². The minimum Gasteiger partial charge on any atom is -0.502 e. The summed E-state index contributed by atoms with van der Waals surface area (Å²) in [5.74, 6) is -0.870. The third-order valence-corrected chi connectivity index (χ3v) is 5.60. The molecule has 0 fully saturated rings. The number of nitrogens with one attached hydrogen (secondary N) is 2. The Kier molecular flexibility index (Phi) is 7.53. The predicted molar refractivity (Wildman–Crippen MR) is 131 cm³/mol. The molecule has 0 saturated heterocycles. The minimum absolute atomic E-state index is 0. The molecule has 0 saturated carbocycles. The van der Waals surface area contributed by atoms with Crippen LogP contribution in [0.3, 0.4) is 0 Å². The van der Waals surface area contributed by atoms with Crippen molar-refractivity contribution in [2.75, 3.05) is 5.32 Å². The van der Waals surface area contributed by atoms with Gasteiger partial charge in [-0.2, -0.15) is 0 Å². The van der Waals surface area contributed by atoms with E-state index in [0.29, 0.717) is 10.7 Å². The van der Waals surface area contributed by atoms with Gasteiger partial charge in [-0.15, -0.1) is 12.4 Å². The summed E-state index contributed by atoms with van der Waals surface area (Å²) < 4.78 is 13.7. The summed E-state index contributed by atoms with van der Waals surface area (Å²) in [6.07, 6.45) is 0. The van der Waals surface area contributed by atoms with Gasteiger partial charge in [-0.25, -0.2) is 4.39 Å². The molecule has 1 unspecified atom stereocenters. The van der Waals surface area contributed by atoms with Gasteiger partial charge in [0.25, 0.3) is 10.9 Å². The molecular weight excluding hydrogens is 466 g/mol. The lowest BCUT2D eigenvalue weighted by Crippen LogP contribution is -2.32. The van der Waals surface area contributed by atoms with Crippen molar-refractivity contribution in [2.24, 2.45) is 0 Å². The number of hydrogen-bond acceptors (Lipinski definition) is 5. The topological polar surface area (TPSA) is 78.4 Å². The minimum atomic E-state index is -0.895. The van der Waals surface area contributed by atoms with Crippen LogP contribution in [-0.4, -0.2) is 5.11 Å². The SMILES string of the molecule is C[C@@H](NC(c1ccc(Cl)cc1)c1cccc(Nc2c(O)c(=O)c2=O)c1)c1cccc(F)c1.Cl. The number of aromatic hydroxyl groups is 1. The summed E-state index contributed by atoms with van der Waals surface area (Å²) in [7, 11) is 0. The summed E-state index contributed by atoms with van der Waals surface area (Å²) in [5, 5.41) is 16.6. The molecule has 2 atom stereocenters. The van der Waals surface area contributed by atoms with Crippen molar-refractivity contribution in [3.05, 3.63) is 121 Å². The van der Waals surface area contributed by atoms with Crippen molar-refractivity contribution in [3.8, 4) is 5.75 Å². The Morgan fingerprint density at radius 1 is 0.879 bits per heavy atom. The van der Waals surface area contributed by atoms with E-state index in [0.717, 1.165) is 16.7 Å². The van der Waals surface area contributed by atoms with E-state index in [-0.39, 0.29) is 36.0 Å². The molecule has 5 nitrogen and oxygen atoms in total. The van der Waals surface area contributed by atoms with E-state index in [9.17, 15) is 19.1 Å². The van der Waals surface area contributed by atoms with E-state index >= 15 is 0 Å². The molecule has 0 radical (unpaired) electrons. The van der Waals surface area contributed by atoms with Gasteiger partial charge in [-0.3, -0.25) is 14.9 Å². The Balaban J connectivity index is 0.00000306. The fourth-order valence-corrected chi connectivity index (χ4v) is 3.72. The van der Waals surface area contributed by atoms with Gasteiger partial charge in [0.1, 0.15) is 11.5 Å². The van der Waals surface area contributed by atoms with Crippen LogP contribution in [0.1, 0.15) is 35.7 Å². The molecule has 0 spiro atoms. The number of hydrogen-bond donors (Lipinski definition) is 3. The number of rotatable bonds is 7. The lowest BCUT2D eigenvalue weighted by Gasteiger charge is -2.25. The standard InChI is InChI=1S/C25H20ClFN2O3.ClH/c1-14(16-4-2-6-19(27)12-16)28-21(15-8-10-18(26)11-9-15)17-5-3-7-20(13-17)29-22-23(30)25(32)24(22)31;/h2-14,21,28-30H,1H3;1H/t14-,21?;/m1./s1. The first-order valence-corrected chi connectivity index (χ1v) is 10.4. The molecule has 0 aliphatic rings. The summed E-state index contributed by atoms with van der Waals surface area (Å²) in [6, 6.07) is 20.6. The highest BCUT2D eigenvalue weighted by atomic mass is 35.5. The van der Waals surface area contributed by atoms with Crippen LogP contribution in [0.15, 0.2) is 82.4 Å². The molecule has 4 aromatic carbocycles. The Labute approximate surface area is 201 Å². The fraction of sp³-hybridized carbons (Fsp3) is 0.120. The van der Waals surface area contributed by atoms with Crippen molar-refractivity contribution >= 4 is 35.4 Å². The maximum absolute atomic E-state index is 13.7. The molecule has 3 N–H and O–H groups in total. The smallest absolute Gasteiger partial charge is 0.271 e. The number of halogens is 3. The fourth-order valence-electron chi connectivity index (χ4n) is 3.60. The van der Waals surface area contributed by atoms with E-state index in [4.69, 9.17) is 11.6 Å². The van der Waals surface area contributed by atoms with E-state index in [1.807, 2.05) is 37.3 Å². The Morgan fingerprint density at radius 3 is 2.21 bits per heavy atom. The van der Waals surface area contributed by atoms with Crippen molar-refractivity contribution in [3.63, 3.8) is 0 Å². The van der Waals surface area contributed by atoms with E-state index in [1.165, 1.54) is 12.1 Å². The molecule has 0 bridgehead atoms. The summed E-state index contributed by atoms with van der Waals surface area (Å²) in [6.45, 7) is 1.95. The molecule has 0 aromatic heterocycles. The maximum Gasteiger partial charge on any atom is 0.271 e. The number of benzene rings is 3. The zero-order valence-electron chi connectivity index (χ0n) is 17.5. The summed E-state index contributed by atoms with van der Waals surface area (Å²) >= 11 is 6.07. The van der Waals surface area contributed by atoms with Crippen LogP contribution in [-0.2, 0) is 0 Å². The van der Waals surface area contributed by atoms with Crippen molar-refractivity contribution in [2.45, 2.75) is 19.0 Å². The molecule has 0 amide bonds. The first-order valence-electron chi connectivity index (χ1n) is 9.99. The van der Waals surface area contributed by atoms with Gasteiger partial charge in [0.15, 0.2) is 5.75 Å². The number of anilines is 2. The first-order chi connectivity index (χ1) is 15.3. The molecule has 0 aliphatic heterocycles. The van der Waals surface area contributed by atoms with Crippen LogP contribution in [0.4, 0.5) is 15.8 Å². The second-order valence-corrected chi connectivity index (χ2v) is 8.00. The lowest BCUT2D eigenvalue weighted by molar-refractivity contribution is 0.466. The van der Waals surface area contributed by atoms with Crippen LogP contribution in [0.25, 0.3) is 0 Å². The Morgan fingerprint density at radius 2 is 1.55 bits per heavy atom. The lowest BCUT2D eigenvalue weighted by atomic mass is 9.96. The zero-order chi connectivity index (χ0) is 22.8. The van der Waals surface area contributed by atoms with Crippen LogP contribution < -0.4 is 21.5 Å². The first kappa shape index (κ1) is 24.5. The van der Waals surface area contributed by atoms with Gasteiger partial charge < -0.3 is 10.4 Å². The van der Waals surface area contributed by atoms with Crippen LogP contribution in [0, 0.1) is 5.82 Å². The maximum atomic E-state index is 13.7. The zero-order valence-corrected chi connectivity index (χ0v) is 19.1. The predicted octanol–water partition coefficient (Wildman–Crippen LogP) is 5.39. The quantitative estimate of drug-likeness (QED) is 0.305. The van der Waals surface area contributed by atoms with Gasteiger partial charge in [0.2, 0.25) is 0 Å². The second kappa shape index (κ2) is 10.2. The third kappa shape index (κ3) is 5.25. The van der Waals surface area contributed by atoms with Gasteiger partial charge >= 0.3 is 0 Å². The Hall–Kier alpha value is -3.19. The molecule has 170 valence electrons.